The maximum atomic E-state index is 5.50. The number of likely N-dealkylation sites (N-methyl/N-ethyl adjacent to an activating group) is 1. The zero-order valence-electron chi connectivity index (χ0n) is 16.2. The lowest BCUT2D eigenvalue weighted by Crippen LogP contribution is -2.31. The first-order valence-electron chi connectivity index (χ1n) is 9.53. The second-order valence-electron chi connectivity index (χ2n) is 7.54. The van der Waals surface area contributed by atoms with Crippen LogP contribution in [0.2, 0.25) is 0 Å². The zero-order chi connectivity index (χ0) is 18.3. The van der Waals surface area contributed by atoms with Crippen LogP contribution in [0, 0.1) is 6.92 Å². The molecule has 0 amide bonds. The molecule has 1 atom stereocenters. The summed E-state index contributed by atoms with van der Waals surface area (Å²) in [5.74, 6) is 0.941. The van der Waals surface area contributed by atoms with Crippen LogP contribution in [0.5, 0.6) is 5.75 Å². The van der Waals surface area contributed by atoms with Gasteiger partial charge in [-0.15, -0.1) is 0 Å². The SMILES string of the molecule is COc1ccc2c(c1)c1c(n2CCc2cccc(C)c2)CCN(C)C1C. The van der Waals surface area contributed by atoms with Crippen molar-refractivity contribution in [3.8, 4) is 5.75 Å². The van der Waals surface area contributed by atoms with E-state index in [9.17, 15) is 0 Å². The predicted molar refractivity (Wildman–Crippen MR) is 108 cm³/mol. The topological polar surface area (TPSA) is 17.4 Å². The molecule has 0 spiro atoms. The Morgan fingerprint density at radius 1 is 1.15 bits per heavy atom. The molecule has 26 heavy (non-hydrogen) atoms. The van der Waals surface area contributed by atoms with Crippen molar-refractivity contribution in [2.24, 2.45) is 0 Å². The van der Waals surface area contributed by atoms with Crippen molar-refractivity contribution in [1.29, 1.82) is 0 Å². The Labute approximate surface area is 156 Å². The van der Waals surface area contributed by atoms with Gasteiger partial charge in [0, 0.05) is 42.1 Å². The molecule has 0 radical (unpaired) electrons. The summed E-state index contributed by atoms with van der Waals surface area (Å²) in [6.07, 6.45) is 2.18. The number of aromatic nitrogens is 1. The van der Waals surface area contributed by atoms with Crippen molar-refractivity contribution in [1.82, 2.24) is 9.47 Å². The Kier molecular flexibility index (Phi) is 4.49. The molecule has 0 N–H and O–H groups in total. The highest BCUT2D eigenvalue weighted by Crippen LogP contribution is 2.38. The number of hydrogen-bond donors (Lipinski definition) is 0. The monoisotopic (exact) mass is 348 g/mol. The Morgan fingerprint density at radius 3 is 2.77 bits per heavy atom. The van der Waals surface area contributed by atoms with E-state index in [0.717, 1.165) is 31.7 Å². The zero-order valence-corrected chi connectivity index (χ0v) is 16.2. The van der Waals surface area contributed by atoms with Gasteiger partial charge in [0.25, 0.3) is 0 Å². The minimum Gasteiger partial charge on any atom is -0.497 e. The van der Waals surface area contributed by atoms with Gasteiger partial charge in [0.1, 0.15) is 5.75 Å². The third-order valence-electron chi connectivity index (χ3n) is 5.91. The lowest BCUT2D eigenvalue weighted by atomic mass is 9.97. The van der Waals surface area contributed by atoms with E-state index in [0.29, 0.717) is 6.04 Å². The standard InChI is InChI=1S/C23H28N2O/c1-16-6-5-7-18(14-16)10-13-25-21-9-8-19(26-4)15-20(21)23-17(2)24(3)12-11-22(23)25/h5-9,14-15,17H,10-13H2,1-4H3. The van der Waals surface area contributed by atoms with Crippen molar-refractivity contribution < 1.29 is 4.74 Å². The average Bonchev–Trinajstić information content (AvgIpc) is 2.96. The molecule has 0 aliphatic carbocycles. The van der Waals surface area contributed by atoms with Gasteiger partial charge in [-0.3, -0.25) is 4.90 Å². The van der Waals surface area contributed by atoms with E-state index >= 15 is 0 Å². The summed E-state index contributed by atoms with van der Waals surface area (Å²) >= 11 is 0. The minimum atomic E-state index is 0.438. The summed E-state index contributed by atoms with van der Waals surface area (Å²) in [7, 11) is 3.97. The lowest BCUT2D eigenvalue weighted by molar-refractivity contribution is 0.245. The van der Waals surface area contributed by atoms with Crippen molar-refractivity contribution in [2.75, 3.05) is 20.7 Å². The van der Waals surface area contributed by atoms with E-state index in [4.69, 9.17) is 4.74 Å². The van der Waals surface area contributed by atoms with E-state index in [1.54, 1.807) is 7.11 Å². The molecule has 4 rings (SSSR count). The predicted octanol–water partition coefficient (Wildman–Crippen LogP) is 4.75. The van der Waals surface area contributed by atoms with Gasteiger partial charge in [-0.2, -0.15) is 0 Å². The van der Waals surface area contributed by atoms with Gasteiger partial charge in [0.2, 0.25) is 0 Å². The van der Waals surface area contributed by atoms with Gasteiger partial charge >= 0.3 is 0 Å². The number of methoxy groups -OCH3 is 1. The van der Waals surface area contributed by atoms with E-state index in [-0.39, 0.29) is 0 Å². The molecule has 3 heteroatoms. The first-order chi connectivity index (χ1) is 12.6. The molecule has 136 valence electrons. The highest BCUT2D eigenvalue weighted by atomic mass is 16.5. The van der Waals surface area contributed by atoms with Crippen LogP contribution in [-0.2, 0) is 19.4 Å². The van der Waals surface area contributed by atoms with Crippen molar-refractivity contribution in [3.63, 3.8) is 0 Å². The summed E-state index contributed by atoms with van der Waals surface area (Å²) in [4.78, 5) is 2.45. The third kappa shape index (κ3) is 2.90. The Balaban J connectivity index is 1.78. The molecule has 1 aliphatic rings. The second kappa shape index (κ2) is 6.81. The fourth-order valence-corrected chi connectivity index (χ4v) is 4.34. The first-order valence-corrected chi connectivity index (χ1v) is 9.53. The molecule has 0 fully saturated rings. The summed E-state index contributed by atoms with van der Waals surface area (Å²) in [6, 6.07) is 15.8. The summed E-state index contributed by atoms with van der Waals surface area (Å²) < 4.78 is 8.06. The van der Waals surface area contributed by atoms with Gasteiger partial charge in [0.15, 0.2) is 0 Å². The molecule has 1 aromatic heterocycles. The van der Waals surface area contributed by atoms with E-state index in [1.807, 2.05) is 0 Å². The van der Waals surface area contributed by atoms with Gasteiger partial charge in [-0.25, -0.2) is 0 Å². The normalized spacial score (nSPS) is 17.5. The van der Waals surface area contributed by atoms with Crippen molar-refractivity contribution in [3.05, 3.63) is 64.8 Å². The van der Waals surface area contributed by atoms with Gasteiger partial charge in [0.05, 0.1) is 7.11 Å². The van der Waals surface area contributed by atoms with Crippen molar-refractivity contribution >= 4 is 10.9 Å². The molecular weight excluding hydrogens is 320 g/mol. The smallest absolute Gasteiger partial charge is 0.119 e. The Hall–Kier alpha value is -2.26. The van der Waals surface area contributed by atoms with Crippen LogP contribution in [-0.4, -0.2) is 30.2 Å². The van der Waals surface area contributed by atoms with E-state index in [1.165, 1.54) is 33.3 Å². The van der Waals surface area contributed by atoms with Crippen molar-refractivity contribution in [2.45, 2.75) is 39.3 Å². The molecule has 0 saturated heterocycles. The highest BCUT2D eigenvalue weighted by Gasteiger charge is 2.28. The van der Waals surface area contributed by atoms with Crippen LogP contribution in [0.4, 0.5) is 0 Å². The van der Waals surface area contributed by atoms with Gasteiger partial charge in [-0.1, -0.05) is 29.8 Å². The molecule has 0 bridgehead atoms. The maximum absolute atomic E-state index is 5.50. The average molecular weight is 348 g/mol. The number of benzene rings is 2. The van der Waals surface area contributed by atoms with Crippen LogP contribution in [0.1, 0.15) is 35.3 Å². The molecular formula is C23H28N2O. The van der Waals surface area contributed by atoms with E-state index < -0.39 is 0 Å². The number of hydrogen-bond acceptors (Lipinski definition) is 2. The van der Waals surface area contributed by atoms with Gasteiger partial charge in [-0.05, 0) is 56.6 Å². The van der Waals surface area contributed by atoms with Crippen LogP contribution in [0.3, 0.4) is 0 Å². The van der Waals surface area contributed by atoms with Crippen LogP contribution in [0.15, 0.2) is 42.5 Å². The fraction of sp³-hybridized carbons (Fsp3) is 0.391. The van der Waals surface area contributed by atoms with Crippen LogP contribution in [0.25, 0.3) is 10.9 Å². The third-order valence-corrected chi connectivity index (χ3v) is 5.91. The molecule has 1 aliphatic heterocycles. The van der Waals surface area contributed by atoms with Crippen LogP contribution < -0.4 is 4.74 Å². The largest absolute Gasteiger partial charge is 0.497 e. The molecule has 2 heterocycles. The molecule has 1 unspecified atom stereocenters. The summed E-state index contributed by atoms with van der Waals surface area (Å²) in [5, 5.41) is 1.35. The highest BCUT2D eigenvalue weighted by molar-refractivity contribution is 5.87. The number of ether oxygens (including phenoxy) is 1. The Morgan fingerprint density at radius 2 is 2.00 bits per heavy atom. The number of aryl methyl sites for hydroxylation is 3. The van der Waals surface area contributed by atoms with E-state index in [2.05, 4.69) is 72.8 Å². The molecule has 0 saturated carbocycles. The number of nitrogens with zero attached hydrogens (tertiary/aromatic N) is 2. The van der Waals surface area contributed by atoms with Crippen LogP contribution >= 0.6 is 0 Å². The first kappa shape index (κ1) is 17.2. The lowest BCUT2D eigenvalue weighted by Gasteiger charge is -2.31. The second-order valence-corrected chi connectivity index (χ2v) is 7.54. The maximum Gasteiger partial charge on any atom is 0.119 e. The summed E-state index contributed by atoms with van der Waals surface area (Å²) in [6.45, 7) is 6.63. The molecule has 2 aromatic carbocycles. The summed E-state index contributed by atoms with van der Waals surface area (Å²) in [5.41, 5.74) is 7.07. The number of fused-ring (bicyclic) bond motifs is 3. The molecule has 3 aromatic rings. The Bertz CT molecular complexity index is 941. The molecule has 3 nitrogen and oxygen atoms in total. The minimum absolute atomic E-state index is 0.438. The quantitative estimate of drug-likeness (QED) is 0.677. The number of rotatable bonds is 4. The van der Waals surface area contributed by atoms with Gasteiger partial charge < -0.3 is 9.30 Å². The fourth-order valence-electron chi connectivity index (χ4n) is 4.34.